The number of carbonyl (C=O) groups excluding carboxylic acids is 3. The van der Waals surface area contributed by atoms with Gasteiger partial charge in [0.15, 0.2) is 5.78 Å². The van der Waals surface area contributed by atoms with Gasteiger partial charge in [-0.1, -0.05) is 27.2 Å². The number of Topliss-reactive ketones (excluding diaryl/α,β-unsaturated/α-hetero) is 1. The van der Waals surface area contributed by atoms with E-state index in [0.717, 1.165) is 13.0 Å². The highest BCUT2D eigenvalue weighted by molar-refractivity contribution is 7.08. The fourth-order valence-corrected chi connectivity index (χ4v) is 3.69. The molecule has 168 valence electrons. The van der Waals surface area contributed by atoms with Crippen molar-refractivity contribution in [3.05, 3.63) is 16.8 Å². The lowest BCUT2D eigenvalue weighted by Gasteiger charge is -2.29. The SMILES string of the molecule is CCC(C)(C)C[C@H](NC(=O)Oc1ccsc1)C(=O)NC1C(=O)COC1CCN(C)C. The molecule has 2 rings (SSSR count). The first-order valence-electron chi connectivity index (χ1n) is 10.2. The third-order valence-electron chi connectivity index (χ3n) is 5.34. The Hall–Kier alpha value is -1.97. The fraction of sp³-hybridized carbons (Fsp3) is 0.667. The van der Waals surface area contributed by atoms with E-state index in [9.17, 15) is 14.4 Å². The van der Waals surface area contributed by atoms with Crippen molar-refractivity contribution in [3.8, 4) is 5.75 Å². The van der Waals surface area contributed by atoms with Crippen LogP contribution in [0, 0.1) is 5.41 Å². The van der Waals surface area contributed by atoms with Crippen molar-refractivity contribution in [3.63, 3.8) is 0 Å². The number of rotatable bonds is 10. The maximum absolute atomic E-state index is 13.1. The first kappa shape index (κ1) is 24.3. The Morgan fingerprint density at radius 3 is 2.73 bits per heavy atom. The fourth-order valence-electron chi connectivity index (χ4n) is 3.14. The second-order valence-electron chi connectivity index (χ2n) is 8.66. The zero-order valence-corrected chi connectivity index (χ0v) is 19.2. The number of hydrogen-bond donors (Lipinski definition) is 2. The van der Waals surface area contributed by atoms with Crippen LogP contribution in [0.3, 0.4) is 0 Å². The maximum atomic E-state index is 13.1. The van der Waals surface area contributed by atoms with E-state index in [4.69, 9.17) is 9.47 Å². The number of ether oxygens (including phenoxy) is 2. The number of thiophene rings is 1. The van der Waals surface area contributed by atoms with Crippen molar-refractivity contribution < 1.29 is 23.9 Å². The summed E-state index contributed by atoms with van der Waals surface area (Å²) in [6.45, 7) is 6.82. The van der Waals surface area contributed by atoms with E-state index in [1.165, 1.54) is 11.3 Å². The van der Waals surface area contributed by atoms with E-state index < -0.39 is 24.1 Å². The van der Waals surface area contributed by atoms with E-state index >= 15 is 0 Å². The van der Waals surface area contributed by atoms with Crippen LogP contribution < -0.4 is 15.4 Å². The molecule has 2 heterocycles. The predicted molar refractivity (Wildman–Crippen MR) is 116 cm³/mol. The van der Waals surface area contributed by atoms with Gasteiger partial charge in [0.1, 0.15) is 24.4 Å². The van der Waals surface area contributed by atoms with Crippen LogP contribution in [0.4, 0.5) is 4.79 Å². The Labute approximate surface area is 182 Å². The molecule has 0 radical (unpaired) electrons. The van der Waals surface area contributed by atoms with E-state index in [2.05, 4.69) is 10.6 Å². The summed E-state index contributed by atoms with van der Waals surface area (Å²) in [5.41, 5.74) is -0.182. The van der Waals surface area contributed by atoms with Crippen molar-refractivity contribution in [2.24, 2.45) is 5.41 Å². The van der Waals surface area contributed by atoms with Gasteiger partial charge in [-0.3, -0.25) is 9.59 Å². The Kier molecular flexibility index (Phi) is 8.81. The van der Waals surface area contributed by atoms with Crippen molar-refractivity contribution in [2.45, 2.75) is 58.2 Å². The second-order valence-corrected chi connectivity index (χ2v) is 9.44. The molecule has 1 aromatic rings. The number of nitrogens with one attached hydrogen (secondary N) is 2. The summed E-state index contributed by atoms with van der Waals surface area (Å²) in [5, 5.41) is 8.98. The first-order valence-corrected chi connectivity index (χ1v) is 11.2. The van der Waals surface area contributed by atoms with Crippen LogP contribution in [0.25, 0.3) is 0 Å². The lowest BCUT2D eigenvalue weighted by atomic mass is 9.83. The monoisotopic (exact) mass is 439 g/mol. The molecule has 0 saturated carbocycles. The van der Waals surface area contributed by atoms with Crippen molar-refractivity contribution in [1.82, 2.24) is 15.5 Å². The van der Waals surface area contributed by atoms with Gasteiger partial charge in [-0.15, -0.1) is 11.3 Å². The zero-order valence-electron chi connectivity index (χ0n) is 18.4. The molecule has 30 heavy (non-hydrogen) atoms. The smallest absolute Gasteiger partial charge is 0.409 e. The summed E-state index contributed by atoms with van der Waals surface area (Å²) in [7, 11) is 3.88. The molecule has 8 nitrogen and oxygen atoms in total. The van der Waals surface area contributed by atoms with Gasteiger partial charge in [0.2, 0.25) is 5.91 Å². The Bertz CT molecular complexity index is 720. The highest BCUT2D eigenvalue weighted by atomic mass is 32.1. The maximum Gasteiger partial charge on any atom is 0.413 e. The topological polar surface area (TPSA) is 97.0 Å². The molecule has 2 unspecified atom stereocenters. The minimum atomic E-state index is -0.825. The lowest BCUT2D eigenvalue weighted by molar-refractivity contribution is -0.128. The molecular formula is C21H33N3O5S. The summed E-state index contributed by atoms with van der Waals surface area (Å²) < 4.78 is 10.8. The number of ketones is 1. The highest BCUT2D eigenvalue weighted by Crippen LogP contribution is 2.27. The normalized spacial score (nSPS) is 20.3. The van der Waals surface area contributed by atoms with Crippen LogP contribution in [0.2, 0.25) is 0 Å². The van der Waals surface area contributed by atoms with E-state index in [1.54, 1.807) is 16.8 Å². The molecule has 0 aromatic carbocycles. The Morgan fingerprint density at radius 2 is 2.13 bits per heavy atom. The summed E-state index contributed by atoms with van der Waals surface area (Å²) in [5.74, 6) is -0.131. The predicted octanol–water partition coefficient (Wildman–Crippen LogP) is 2.44. The van der Waals surface area contributed by atoms with Gasteiger partial charge in [0, 0.05) is 11.9 Å². The van der Waals surface area contributed by atoms with Gasteiger partial charge in [0.25, 0.3) is 0 Å². The molecule has 2 amide bonds. The van der Waals surface area contributed by atoms with Crippen LogP contribution in [-0.2, 0) is 14.3 Å². The van der Waals surface area contributed by atoms with Gasteiger partial charge < -0.3 is 25.0 Å². The van der Waals surface area contributed by atoms with Crippen LogP contribution in [-0.4, -0.2) is 68.1 Å². The molecule has 1 fully saturated rings. The number of nitrogens with zero attached hydrogens (tertiary/aromatic N) is 1. The van der Waals surface area contributed by atoms with Crippen molar-refractivity contribution >= 4 is 29.1 Å². The minimum Gasteiger partial charge on any atom is -0.409 e. The molecule has 1 aliphatic heterocycles. The standard InChI is InChI=1S/C21H33N3O5S/c1-6-21(2,3)11-15(22-20(27)29-14-8-10-30-13-14)19(26)23-18-16(25)12-28-17(18)7-9-24(4)5/h8,10,13,15,17-18H,6-7,9,11-12H2,1-5H3,(H,22,27)(H,23,26)/t15-,17?,18?/m0/s1. The third kappa shape index (κ3) is 7.37. The summed E-state index contributed by atoms with van der Waals surface area (Å²) in [4.78, 5) is 39.7. The molecule has 1 aromatic heterocycles. The average molecular weight is 440 g/mol. The summed E-state index contributed by atoms with van der Waals surface area (Å²) >= 11 is 1.41. The van der Waals surface area contributed by atoms with Gasteiger partial charge in [-0.05, 0) is 43.8 Å². The van der Waals surface area contributed by atoms with Crippen molar-refractivity contribution in [2.75, 3.05) is 27.2 Å². The summed E-state index contributed by atoms with van der Waals surface area (Å²) in [6.07, 6.45) is 0.801. The number of amides is 2. The molecule has 0 aliphatic carbocycles. The van der Waals surface area contributed by atoms with Gasteiger partial charge in [0.05, 0.1) is 6.10 Å². The van der Waals surface area contributed by atoms with E-state index in [-0.39, 0.29) is 23.9 Å². The highest BCUT2D eigenvalue weighted by Gasteiger charge is 2.39. The van der Waals surface area contributed by atoms with Crippen LogP contribution in [0.5, 0.6) is 5.75 Å². The quantitative estimate of drug-likeness (QED) is 0.581. The van der Waals surface area contributed by atoms with Gasteiger partial charge in [-0.2, -0.15) is 0 Å². The zero-order chi connectivity index (χ0) is 22.3. The molecule has 3 atom stereocenters. The minimum absolute atomic E-state index is 0.0121. The second kappa shape index (κ2) is 10.9. The van der Waals surface area contributed by atoms with E-state index in [0.29, 0.717) is 18.6 Å². The number of carbonyl (C=O) groups is 3. The van der Waals surface area contributed by atoms with Crippen LogP contribution >= 0.6 is 11.3 Å². The molecule has 2 N–H and O–H groups in total. The Morgan fingerprint density at radius 1 is 1.40 bits per heavy atom. The first-order chi connectivity index (χ1) is 14.1. The van der Waals surface area contributed by atoms with Crippen LogP contribution in [0.1, 0.15) is 40.0 Å². The average Bonchev–Trinajstić information content (AvgIpc) is 3.29. The lowest BCUT2D eigenvalue weighted by Crippen LogP contribution is -2.55. The molecule has 1 saturated heterocycles. The molecule has 9 heteroatoms. The molecular weight excluding hydrogens is 406 g/mol. The molecule has 0 bridgehead atoms. The van der Waals surface area contributed by atoms with Gasteiger partial charge >= 0.3 is 6.09 Å². The largest absolute Gasteiger partial charge is 0.413 e. The molecule has 0 spiro atoms. The van der Waals surface area contributed by atoms with Crippen LogP contribution in [0.15, 0.2) is 16.8 Å². The number of hydrogen-bond acceptors (Lipinski definition) is 7. The van der Waals surface area contributed by atoms with Gasteiger partial charge in [-0.25, -0.2) is 4.79 Å². The Balaban J connectivity index is 2.06. The van der Waals surface area contributed by atoms with E-state index in [1.807, 2.05) is 39.8 Å². The summed E-state index contributed by atoms with van der Waals surface area (Å²) in [6, 6.07) is 0.146. The van der Waals surface area contributed by atoms with Crippen molar-refractivity contribution in [1.29, 1.82) is 0 Å². The third-order valence-corrected chi connectivity index (χ3v) is 6.01. The molecule has 1 aliphatic rings.